The van der Waals surface area contributed by atoms with Gasteiger partial charge in [0.1, 0.15) is 13.0 Å². The Balaban J connectivity index is 1.81. The van der Waals surface area contributed by atoms with E-state index in [9.17, 15) is 4.39 Å². The quantitative estimate of drug-likeness (QED) is 0.571. The molecular weight excluding hydrogens is 281 g/mol. The van der Waals surface area contributed by atoms with Crippen molar-refractivity contribution in [1.82, 2.24) is 24.3 Å². The summed E-state index contributed by atoms with van der Waals surface area (Å²) in [6, 6.07) is 6.47. The van der Waals surface area contributed by atoms with Gasteiger partial charge in [-0.25, -0.2) is 19.0 Å². The van der Waals surface area contributed by atoms with Crippen molar-refractivity contribution in [3.8, 4) is 17.1 Å². The Morgan fingerprint density at radius 1 is 1.23 bits per heavy atom. The molecule has 2 aliphatic rings. The Bertz CT molecular complexity index is 875. The molecule has 3 heterocycles. The molecule has 0 spiro atoms. The molecule has 1 aromatic carbocycles. The highest BCUT2D eigenvalue weighted by Gasteiger charge is 2.27. The summed E-state index contributed by atoms with van der Waals surface area (Å²) >= 11 is 0. The number of halogens is 1. The van der Waals surface area contributed by atoms with Crippen LogP contribution in [0.2, 0.25) is 0 Å². The van der Waals surface area contributed by atoms with E-state index >= 15 is 0 Å². The lowest BCUT2D eigenvalue weighted by Gasteiger charge is -2.10. The topological polar surface area (TPSA) is 48.5 Å². The Morgan fingerprint density at radius 3 is 2.95 bits per heavy atom. The first-order chi connectivity index (χ1) is 10.8. The van der Waals surface area contributed by atoms with E-state index in [1.165, 1.54) is 18.4 Å². The van der Waals surface area contributed by atoms with E-state index in [0.29, 0.717) is 18.2 Å². The lowest BCUT2D eigenvalue weighted by Crippen LogP contribution is -2.06. The summed E-state index contributed by atoms with van der Waals surface area (Å²) in [6.45, 7) is -0.0795. The maximum atomic E-state index is 13.2. The van der Waals surface area contributed by atoms with E-state index < -0.39 is 6.67 Å². The molecule has 1 saturated carbocycles. The molecule has 2 aromatic heterocycles. The fourth-order valence-electron chi connectivity index (χ4n) is 3.24. The van der Waals surface area contributed by atoms with Crippen LogP contribution in [-0.2, 0) is 13.2 Å². The minimum absolute atomic E-state index is 0.473. The van der Waals surface area contributed by atoms with Crippen molar-refractivity contribution in [3.63, 3.8) is 0 Å². The zero-order valence-electron chi connectivity index (χ0n) is 11.9. The van der Waals surface area contributed by atoms with Gasteiger partial charge in [-0.3, -0.25) is 0 Å². The highest BCUT2D eigenvalue weighted by Crippen LogP contribution is 2.42. The molecule has 110 valence electrons. The van der Waals surface area contributed by atoms with Crippen LogP contribution < -0.4 is 0 Å². The minimum atomic E-state index is -0.568. The third-order valence-electron chi connectivity index (χ3n) is 4.56. The van der Waals surface area contributed by atoms with Gasteiger partial charge < -0.3 is 4.57 Å². The van der Waals surface area contributed by atoms with Gasteiger partial charge in [-0.1, -0.05) is 6.07 Å². The molecule has 5 rings (SSSR count). The van der Waals surface area contributed by atoms with Crippen LogP contribution in [-0.4, -0.2) is 24.3 Å². The molecule has 0 saturated heterocycles. The number of nitrogens with zero attached hydrogens (tertiary/aromatic N) is 5. The van der Waals surface area contributed by atoms with Gasteiger partial charge in [-0.2, -0.15) is 5.10 Å². The van der Waals surface area contributed by atoms with Crippen molar-refractivity contribution >= 4 is 0 Å². The van der Waals surface area contributed by atoms with Crippen LogP contribution in [0, 0.1) is 0 Å². The van der Waals surface area contributed by atoms with Crippen molar-refractivity contribution in [2.45, 2.75) is 32.0 Å². The van der Waals surface area contributed by atoms with Crippen LogP contribution in [0.4, 0.5) is 4.39 Å². The van der Waals surface area contributed by atoms with E-state index in [1.807, 2.05) is 9.25 Å². The molecule has 22 heavy (non-hydrogen) atoms. The summed E-state index contributed by atoms with van der Waals surface area (Å²) in [5.41, 5.74) is 4.71. The van der Waals surface area contributed by atoms with Crippen LogP contribution >= 0.6 is 0 Å². The van der Waals surface area contributed by atoms with Gasteiger partial charge in [0.15, 0.2) is 5.82 Å². The molecule has 3 aromatic rings. The normalized spacial score (nSPS) is 15.9. The summed E-state index contributed by atoms with van der Waals surface area (Å²) in [4.78, 5) is 8.63. The molecule has 0 N–H and O–H groups in total. The highest BCUT2D eigenvalue weighted by atomic mass is 19.1. The second kappa shape index (κ2) is 4.25. The third kappa shape index (κ3) is 1.60. The van der Waals surface area contributed by atoms with Crippen molar-refractivity contribution in [3.05, 3.63) is 47.8 Å². The summed E-state index contributed by atoms with van der Waals surface area (Å²) < 4.78 is 17.0. The van der Waals surface area contributed by atoms with E-state index in [2.05, 4.69) is 33.3 Å². The van der Waals surface area contributed by atoms with Crippen LogP contribution in [0.25, 0.3) is 17.1 Å². The number of benzene rings is 1. The molecule has 0 radical (unpaired) electrons. The van der Waals surface area contributed by atoms with E-state index in [1.54, 1.807) is 12.7 Å². The maximum Gasteiger partial charge on any atom is 0.160 e. The van der Waals surface area contributed by atoms with Gasteiger partial charge >= 0.3 is 0 Å². The number of rotatable bonds is 2. The third-order valence-corrected chi connectivity index (χ3v) is 4.56. The van der Waals surface area contributed by atoms with Gasteiger partial charge in [0, 0.05) is 5.56 Å². The Labute approximate surface area is 126 Å². The van der Waals surface area contributed by atoms with Gasteiger partial charge in [0.2, 0.25) is 0 Å². The first-order valence-electron chi connectivity index (χ1n) is 7.48. The number of fused-ring (bicyclic) bond motifs is 5. The van der Waals surface area contributed by atoms with Gasteiger partial charge in [0.25, 0.3) is 0 Å². The van der Waals surface area contributed by atoms with Gasteiger partial charge in [-0.15, -0.1) is 0 Å². The number of hydrogen-bond acceptors (Lipinski definition) is 3. The van der Waals surface area contributed by atoms with Gasteiger partial charge in [-0.05, 0) is 36.5 Å². The van der Waals surface area contributed by atoms with E-state index in [4.69, 9.17) is 0 Å². The molecule has 6 heteroatoms. The van der Waals surface area contributed by atoms with E-state index in [0.717, 1.165) is 22.8 Å². The SMILES string of the molecule is FCc1ncn2c1Cn1ncnc1-c1cc(C3CC3)ccc1-2. The monoisotopic (exact) mass is 295 g/mol. The molecule has 0 bridgehead atoms. The standard InChI is InChI=1S/C16H14FN5/c17-6-13-15-7-22-16(18-8-20-22)12-5-11(10-1-2-10)3-4-14(12)21(15)9-19-13/h3-5,8-10H,1-2,6-7H2. The second-order valence-electron chi connectivity index (χ2n) is 5.93. The fourth-order valence-corrected chi connectivity index (χ4v) is 3.24. The van der Waals surface area contributed by atoms with Crippen LogP contribution in [0.3, 0.4) is 0 Å². The van der Waals surface area contributed by atoms with Crippen molar-refractivity contribution in [2.75, 3.05) is 0 Å². The summed E-state index contributed by atoms with van der Waals surface area (Å²) in [5.74, 6) is 1.51. The first-order valence-corrected chi connectivity index (χ1v) is 7.48. The highest BCUT2D eigenvalue weighted by molar-refractivity contribution is 5.70. The second-order valence-corrected chi connectivity index (χ2v) is 5.93. The molecule has 1 fully saturated rings. The Morgan fingerprint density at radius 2 is 2.14 bits per heavy atom. The number of aromatic nitrogens is 5. The predicted octanol–water partition coefficient (Wildman–Crippen LogP) is 2.84. The first kappa shape index (κ1) is 12.1. The molecule has 1 aliphatic carbocycles. The average Bonchev–Trinajstić information content (AvgIpc) is 3.20. The zero-order valence-corrected chi connectivity index (χ0v) is 11.9. The fraction of sp³-hybridized carbons (Fsp3) is 0.312. The summed E-state index contributed by atoms with van der Waals surface area (Å²) in [5, 5.41) is 4.30. The Kier molecular flexibility index (Phi) is 2.34. The van der Waals surface area contributed by atoms with Gasteiger partial charge in [0.05, 0.1) is 29.9 Å². The van der Waals surface area contributed by atoms with Crippen LogP contribution in [0.1, 0.15) is 35.7 Å². The summed E-state index contributed by atoms with van der Waals surface area (Å²) in [7, 11) is 0. The number of alkyl halides is 1. The molecule has 0 atom stereocenters. The molecule has 5 nitrogen and oxygen atoms in total. The Hall–Kier alpha value is -2.50. The maximum absolute atomic E-state index is 13.2. The average molecular weight is 295 g/mol. The molecule has 0 unspecified atom stereocenters. The number of hydrogen-bond donors (Lipinski definition) is 0. The largest absolute Gasteiger partial charge is 0.300 e. The molecule has 1 aliphatic heterocycles. The van der Waals surface area contributed by atoms with Crippen molar-refractivity contribution < 1.29 is 4.39 Å². The van der Waals surface area contributed by atoms with Crippen molar-refractivity contribution in [2.24, 2.45) is 0 Å². The molecule has 0 amide bonds. The van der Waals surface area contributed by atoms with Crippen LogP contribution in [0.15, 0.2) is 30.9 Å². The van der Waals surface area contributed by atoms with Crippen LogP contribution in [0.5, 0.6) is 0 Å². The molecular formula is C16H14FN5. The number of imidazole rings is 1. The minimum Gasteiger partial charge on any atom is -0.300 e. The smallest absolute Gasteiger partial charge is 0.160 e. The van der Waals surface area contributed by atoms with E-state index in [-0.39, 0.29) is 0 Å². The van der Waals surface area contributed by atoms with Crippen molar-refractivity contribution in [1.29, 1.82) is 0 Å². The predicted molar refractivity (Wildman–Crippen MR) is 78.5 cm³/mol. The lowest BCUT2D eigenvalue weighted by molar-refractivity contribution is 0.471. The summed E-state index contributed by atoms with van der Waals surface area (Å²) in [6.07, 6.45) is 5.78. The zero-order chi connectivity index (χ0) is 14.7. The lowest BCUT2D eigenvalue weighted by atomic mass is 10.0.